The first-order chi connectivity index (χ1) is 5.08. The molecule has 5 heteroatoms. The second kappa shape index (κ2) is 3.13. The van der Waals surface area contributed by atoms with Gasteiger partial charge in [-0.1, -0.05) is 13.7 Å². The molecule has 0 unspecified atom stereocenters. The monoisotopic (exact) mass is 171 g/mol. The Morgan fingerprint density at radius 3 is 2.64 bits per heavy atom. The predicted octanol–water partition coefficient (Wildman–Crippen LogP) is -0.505. The highest BCUT2D eigenvalue weighted by molar-refractivity contribution is 7.47. The molecule has 1 aromatic heterocycles. The maximum absolute atomic E-state index is 10.2. The third kappa shape index (κ3) is 3.28. The fourth-order valence-electron chi connectivity index (χ4n) is 0.690. The molecule has 0 aliphatic heterocycles. The molecule has 0 aliphatic carbocycles. The SMILES string of the molecule is O=P([O-])([O-])Cc1ccccn1. The number of aromatic nitrogens is 1. The molecule has 0 spiro atoms. The van der Waals surface area contributed by atoms with Crippen molar-refractivity contribution in [1.82, 2.24) is 4.98 Å². The third-order valence-electron chi connectivity index (χ3n) is 1.08. The smallest absolute Gasteiger partial charge is 0.0453 e. The summed E-state index contributed by atoms with van der Waals surface area (Å²) in [6.07, 6.45) is 0.943. The fraction of sp³-hybridized carbons (Fsp3) is 0.167. The zero-order chi connectivity index (χ0) is 8.32. The van der Waals surface area contributed by atoms with E-state index < -0.39 is 13.8 Å². The van der Waals surface area contributed by atoms with Crippen LogP contribution in [-0.2, 0) is 10.7 Å². The number of hydrogen-bond acceptors (Lipinski definition) is 4. The Balaban J connectivity index is 2.74. The highest BCUT2D eigenvalue weighted by atomic mass is 31.2. The van der Waals surface area contributed by atoms with Crippen molar-refractivity contribution in [3.63, 3.8) is 0 Å². The molecule has 11 heavy (non-hydrogen) atoms. The molecule has 0 saturated carbocycles. The standard InChI is InChI=1S/C6H8NO3P/c8-11(9,10)5-6-3-1-2-4-7-6/h1-4H,5H2,(H2,8,9,10)/p-2. The van der Waals surface area contributed by atoms with Gasteiger partial charge in [-0.05, 0) is 12.1 Å². The highest BCUT2D eigenvalue weighted by Gasteiger charge is 1.94. The molecule has 0 atom stereocenters. The van der Waals surface area contributed by atoms with Crippen molar-refractivity contribution >= 4 is 7.60 Å². The van der Waals surface area contributed by atoms with Gasteiger partial charge in [0.15, 0.2) is 0 Å². The molecule has 0 amide bonds. The summed E-state index contributed by atoms with van der Waals surface area (Å²) in [6.45, 7) is 0. The molecule has 0 aromatic carbocycles. The molecular weight excluding hydrogens is 165 g/mol. The number of rotatable bonds is 2. The van der Waals surface area contributed by atoms with Gasteiger partial charge < -0.3 is 14.4 Å². The van der Waals surface area contributed by atoms with Gasteiger partial charge in [0.25, 0.3) is 0 Å². The summed E-state index contributed by atoms with van der Waals surface area (Å²) in [5.41, 5.74) is 0.292. The minimum absolute atomic E-state index is 0.292. The maximum Gasteiger partial charge on any atom is 0.0453 e. The van der Waals surface area contributed by atoms with E-state index in [0.29, 0.717) is 5.69 Å². The number of nitrogens with zero attached hydrogens (tertiary/aromatic N) is 1. The lowest BCUT2D eigenvalue weighted by Crippen LogP contribution is -2.15. The maximum atomic E-state index is 10.2. The lowest BCUT2D eigenvalue weighted by molar-refractivity contribution is -0.314. The van der Waals surface area contributed by atoms with E-state index in [4.69, 9.17) is 0 Å². The van der Waals surface area contributed by atoms with Crippen molar-refractivity contribution in [3.8, 4) is 0 Å². The number of hydrogen-bond donors (Lipinski definition) is 0. The Bertz CT molecular complexity index is 268. The Labute approximate surface area is 64.1 Å². The zero-order valence-electron chi connectivity index (χ0n) is 5.64. The minimum Gasteiger partial charge on any atom is -0.810 e. The Kier molecular flexibility index (Phi) is 2.39. The van der Waals surface area contributed by atoms with E-state index in [1.54, 1.807) is 12.1 Å². The molecule has 0 N–H and O–H groups in total. The molecule has 60 valence electrons. The molecule has 1 rings (SSSR count). The molecule has 0 saturated heterocycles. The molecule has 0 aliphatic rings. The summed E-state index contributed by atoms with van der Waals surface area (Å²) in [4.78, 5) is 24.2. The zero-order valence-corrected chi connectivity index (χ0v) is 6.53. The van der Waals surface area contributed by atoms with Crippen LogP contribution < -0.4 is 9.79 Å². The van der Waals surface area contributed by atoms with Gasteiger partial charge in [-0.3, -0.25) is 4.98 Å². The van der Waals surface area contributed by atoms with Crippen LogP contribution in [0.4, 0.5) is 0 Å². The Morgan fingerprint density at radius 2 is 2.18 bits per heavy atom. The average Bonchev–Trinajstić information content (AvgIpc) is 1.85. The van der Waals surface area contributed by atoms with Crippen LogP contribution in [-0.4, -0.2) is 4.98 Å². The predicted molar refractivity (Wildman–Crippen MR) is 35.5 cm³/mol. The normalized spacial score (nSPS) is 11.5. The van der Waals surface area contributed by atoms with Gasteiger partial charge >= 0.3 is 0 Å². The molecule has 1 aromatic rings. The Hall–Kier alpha value is -0.700. The van der Waals surface area contributed by atoms with Crippen LogP contribution in [0.15, 0.2) is 24.4 Å². The van der Waals surface area contributed by atoms with Gasteiger partial charge in [0.2, 0.25) is 0 Å². The van der Waals surface area contributed by atoms with Crippen molar-refractivity contribution < 1.29 is 14.4 Å². The van der Waals surface area contributed by atoms with Crippen molar-refractivity contribution in [3.05, 3.63) is 30.1 Å². The van der Waals surface area contributed by atoms with E-state index in [1.165, 1.54) is 12.3 Å². The summed E-state index contributed by atoms with van der Waals surface area (Å²) in [6, 6.07) is 4.80. The van der Waals surface area contributed by atoms with Gasteiger partial charge in [0, 0.05) is 18.1 Å². The summed E-state index contributed by atoms with van der Waals surface area (Å²) in [5.74, 6) is 0. The first-order valence-electron chi connectivity index (χ1n) is 2.99. The van der Waals surface area contributed by atoms with Crippen LogP contribution in [0, 0.1) is 0 Å². The van der Waals surface area contributed by atoms with Crippen molar-refractivity contribution in [1.29, 1.82) is 0 Å². The van der Waals surface area contributed by atoms with E-state index in [0.717, 1.165) is 0 Å². The lowest BCUT2D eigenvalue weighted by atomic mass is 10.4. The van der Waals surface area contributed by atoms with Crippen LogP contribution in [0.2, 0.25) is 0 Å². The quantitative estimate of drug-likeness (QED) is 0.562. The summed E-state index contributed by atoms with van der Waals surface area (Å²) < 4.78 is 10.2. The molecule has 0 radical (unpaired) electrons. The van der Waals surface area contributed by atoms with E-state index >= 15 is 0 Å². The van der Waals surface area contributed by atoms with Crippen LogP contribution in [0.1, 0.15) is 5.69 Å². The average molecular weight is 171 g/mol. The van der Waals surface area contributed by atoms with E-state index in [-0.39, 0.29) is 0 Å². The van der Waals surface area contributed by atoms with Crippen molar-refractivity contribution in [2.75, 3.05) is 0 Å². The summed E-state index contributed by atoms with van der Waals surface area (Å²) >= 11 is 0. The Morgan fingerprint density at radius 1 is 1.45 bits per heavy atom. The van der Waals surface area contributed by atoms with Gasteiger partial charge in [0.1, 0.15) is 0 Å². The second-order valence-corrected chi connectivity index (χ2v) is 3.63. The first kappa shape index (κ1) is 8.40. The lowest BCUT2D eigenvalue weighted by Gasteiger charge is -2.28. The summed E-state index contributed by atoms with van der Waals surface area (Å²) in [5, 5.41) is 0. The third-order valence-corrected chi connectivity index (χ3v) is 1.79. The van der Waals surface area contributed by atoms with Gasteiger partial charge in [0.05, 0.1) is 0 Å². The van der Waals surface area contributed by atoms with Crippen LogP contribution in [0.3, 0.4) is 0 Å². The highest BCUT2D eigenvalue weighted by Crippen LogP contribution is 2.27. The van der Waals surface area contributed by atoms with Crippen molar-refractivity contribution in [2.24, 2.45) is 0 Å². The minimum atomic E-state index is -4.45. The first-order valence-corrected chi connectivity index (χ1v) is 4.72. The molecule has 0 fully saturated rings. The topological polar surface area (TPSA) is 76.1 Å². The van der Waals surface area contributed by atoms with Crippen LogP contribution in [0.25, 0.3) is 0 Å². The largest absolute Gasteiger partial charge is 0.810 e. The number of pyridine rings is 1. The van der Waals surface area contributed by atoms with Gasteiger partial charge in [-0.25, -0.2) is 0 Å². The fourth-order valence-corrected chi connectivity index (χ4v) is 1.27. The van der Waals surface area contributed by atoms with Gasteiger partial charge in [-0.2, -0.15) is 0 Å². The molecular formula is C6H6NO3P-2. The molecule has 1 heterocycles. The van der Waals surface area contributed by atoms with E-state index in [1.807, 2.05) is 0 Å². The summed E-state index contributed by atoms with van der Waals surface area (Å²) in [7, 11) is -4.45. The van der Waals surface area contributed by atoms with Gasteiger partial charge in [-0.15, -0.1) is 0 Å². The van der Waals surface area contributed by atoms with Crippen LogP contribution in [0.5, 0.6) is 0 Å². The van der Waals surface area contributed by atoms with E-state index in [2.05, 4.69) is 4.98 Å². The van der Waals surface area contributed by atoms with Crippen molar-refractivity contribution in [2.45, 2.75) is 6.16 Å². The second-order valence-electron chi connectivity index (χ2n) is 2.09. The molecule has 0 bridgehead atoms. The van der Waals surface area contributed by atoms with E-state index in [9.17, 15) is 14.4 Å². The molecule has 4 nitrogen and oxygen atoms in total. The van der Waals surface area contributed by atoms with Crippen LogP contribution >= 0.6 is 7.60 Å².